The molecule has 0 aromatic carbocycles. The van der Waals surface area contributed by atoms with E-state index in [0.717, 1.165) is 0 Å². The van der Waals surface area contributed by atoms with Crippen molar-refractivity contribution in [3.05, 3.63) is 0 Å². The first kappa shape index (κ1) is 11.0. The zero-order chi connectivity index (χ0) is 10.7. The quantitative estimate of drug-likeness (QED) is 0.622. The summed E-state index contributed by atoms with van der Waals surface area (Å²) >= 11 is 0. The highest BCUT2D eigenvalue weighted by atomic mass is 16.7. The average molecular weight is 200 g/mol. The average Bonchev–Trinajstić information content (AvgIpc) is 2.63. The molecule has 5 nitrogen and oxygen atoms in total. The number of hydrogen-bond acceptors (Lipinski definition) is 4. The van der Waals surface area contributed by atoms with Crippen molar-refractivity contribution in [2.45, 2.75) is 26.0 Å². The van der Waals surface area contributed by atoms with Gasteiger partial charge in [-0.25, -0.2) is 10.1 Å². The van der Waals surface area contributed by atoms with Crippen molar-refractivity contribution < 1.29 is 14.4 Å². The van der Waals surface area contributed by atoms with E-state index in [-0.39, 0.29) is 17.9 Å². The summed E-state index contributed by atoms with van der Waals surface area (Å²) in [6, 6.07) is -0.472. The van der Waals surface area contributed by atoms with Crippen LogP contribution in [0.1, 0.15) is 13.8 Å². The Morgan fingerprint density at radius 3 is 2.79 bits per heavy atom. The maximum atomic E-state index is 11.7. The van der Waals surface area contributed by atoms with Crippen LogP contribution in [-0.2, 0) is 14.4 Å². The van der Waals surface area contributed by atoms with Gasteiger partial charge in [-0.3, -0.25) is 9.63 Å². The first-order valence-electron chi connectivity index (χ1n) is 4.56. The van der Waals surface area contributed by atoms with Gasteiger partial charge in [0, 0.05) is 7.05 Å². The molecule has 1 heterocycles. The summed E-state index contributed by atoms with van der Waals surface area (Å²) in [4.78, 5) is 20.5. The first-order chi connectivity index (χ1) is 6.57. The second-order valence-corrected chi connectivity index (χ2v) is 3.56. The summed E-state index contributed by atoms with van der Waals surface area (Å²) in [5, 5.41) is 1.17. The lowest BCUT2D eigenvalue weighted by Gasteiger charge is -2.23. The van der Waals surface area contributed by atoms with Gasteiger partial charge in [0.2, 0.25) is 0 Å². The number of nitrogens with zero attached hydrogens (tertiary/aromatic N) is 2. The summed E-state index contributed by atoms with van der Waals surface area (Å²) in [6.45, 7) is 3.98. The minimum absolute atomic E-state index is 0.180. The molecule has 2 atom stereocenters. The standard InChI is InChI=1S/C9H16N2O3/c1-6(2)8-7(10-5-14-8)9(12)11(3)13-4/h5-8H,1-4H3/t7-,8+/m1/s1. The fourth-order valence-corrected chi connectivity index (χ4v) is 1.33. The maximum Gasteiger partial charge on any atom is 0.274 e. The minimum Gasteiger partial charge on any atom is -0.477 e. The van der Waals surface area contributed by atoms with Gasteiger partial charge >= 0.3 is 0 Å². The van der Waals surface area contributed by atoms with Crippen molar-refractivity contribution in [3.63, 3.8) is 0 Å². The predicted molar refractivity (Wildman–Crippen MR) is 51.8 cm³/mol. The third-order valence-electron chi connectivity index (χ3n) is 2.24. The molecule has 0 bridgehead atoms. The summed E-state index contributed by atoms with van der Waals surface area (Å²) in [7, 11) is 3.01. The topological polar surface area (TPSA) is 51.1 Å². The Morgan fingerprint density at radius 2 is 2.29 bits per heavy atom. The molecular formula is C9H16N2O3. The molecule has 0 aromatic rings. The summed E-state index contributed by atoms with van der Waals surface area (Å²) < 4.78 is 5.25. The van der Waals surface area contributed by atoms with E-state index < -0.39 is 6.04 Å². The van der Waals surface area contributed by atoms with E-state index in [2.05, 4.69) is 4.99 Å². The molecule has 0 aromatic heterocycles. The van der Waals surface area contributed by atoms with Crippen LogP contribution < -0.4 is 0 Å². The molecule has 1 amide bonds. The Labute approximate surface area is 83.7 Å². The van der Waals surface area contributed by atoms with Gasteiger partial charge < -0.3 is 4.74 Å². The molecule has 0 N–H and O–H groups in total. The molecule has 0 saturated carbocycles. The van der Waals surface area contributed by atoms with Crippen LogP contribution in [-0.4, -0.2) is 43.7 Å². The third kappa shape index (κ3) is 2.04. The molecule has 14 heavy (non-hydrogen) atoms. The number of hydrogen-bond donors (Lipinski definition) is 0. The van der Waals surface area contributed by atoms with Crippen molar-refractivity contribution >= 4 is 12.3 Å². The lowest BCUT2D eigenvalue weighted by molar-refractivity contribution is -0.172. The zero-order valence-corrected chi connectivity index (χ0v) is 8.93. The van der Waals surface area contributed by atoms with E-state index in [1.54, 1.807) is 7.05 Å². The molecule has 1 aliphatic heterocycles. The number of hydroxylamine groups is 2. The van der Waals surface area contributed by atoms with Gasteiger partial charge in [-0.1, -0.05) is 13.8 Å². The fraction of sp³-hybridized carbons (Fsp3) is 0.778. The van der Waals surface area contributed by atoms with E-state index in [9.17, 15) is 4.79 Å². The Balaban J connectivity index is 2.66. The van der Waals surface area contributed by atoms with E-state index >= 15 is 0 Å². The number of aliphatic imine (C=N–C) groups is 1. The minimum atomic E-state index is -0.472. The van der Waals surface area contributed by atoms with Gasteiger partial charge in [-0.05, 0) is 5.92 Å². The van der Waals surface area contributed by atoms with E-state index in [1.165, 1.54) is 18.6 Å². The predicted octanol–water partition coefficient (Wildman–Crippen LogP) is 0.458. The van der Waals surface area contributed by atoms with Crippen LogP contribution in [0.4, 0.5) is 0 Å². The van der Waals surface area contributed by atoms with Crippen molar-refractivity contribution in [1.82, 2.24) is 5.06 Å². The monoisotopic (exact) mass is 200 g/mol. The van der Waals surface area contributed by atoms with Gasteiger partial charge in [0.25, 0.3) is 5.91 Å². The highest BCUT2D eigenvalue weighted by molar-refractivity contribution is 5.84. The first-order valence-corrected chi connectivity index (χ1v) is 4.56. The Kier molecular flexibility index (Phi) is 3.46. The number of likely N-dealkylation sites (N-methyl/N-ethyl adjacent to an activating group) is 1. The van der Waals surface area contributed by atoms with Crippen LogP contribution in [0.5, 0.6) is 0 Å². The van der Waals surface area contributed by atoms with Crippen LogP contribution in [0, 0.1) is 5.92 Å². The summed E-state index contributed by atoms with van der Waals surface area (Å²) in [5.74, 6) is 0.0663. The molecule has 1 aliphatic rings. The third-order valence-corrected chi connectivity index (χ3v) is 2.24. The molecule has 1 rings (SSSR count). The molecule has 5 heteroatoms. The van der Waals surface area contributed by atoms with Crippen molar-refractivity contribution in [2.24, 2.45) is 10.9 Å². The second kappa shape index (κ2) is 4.41. The highest BCUT2D eigenvalue weighted by Crippen LogP contribution is 2.19. The normalized spacial score (nSPS) is 25.2. The highest BCUT2D eigenvalue weighted by Gasteiger charge is 2.36. The summed E-state index contributed by atoms with van der Waals surface area (Å²) in [6.07, 6.45) is 1.16. The Hall–Kier alpha value is -1.10. The molecule has 0 saturated heterocycles. The molecule has 0 spiro atoms. The molecule has 0 fully saturated rings. The summed E-state index contributed by atoms with van der Waals surface area (Å²) in [5.41, 5.74) is 0. The molecule has 0 aliphatic carbocycles. The van der Waals surface area contributed by atoms with Crippen LogP contribution >= 0.6 is 0 Å². The number of carbonyl (C=O) groups excluding carboxylic acids is 1. The largest absolute Gasteiger partial charge is 0.477 e. The van der Waals surface area contributed by atoms with E-state index in [0.29, 0.717) is 0 Å². The number of carbonyl (C=O) groups is 1. The SMILES string of the molecule is CON(C)C(=O)[C@@H]1N=CO[C@H]1C(C)C. The van der Waals surface area contributed by atoms with Crippen molar-refractivity contribution in [2.75, 3.05) is 14.2 Å². The van der Waals surface area contributed by atoms with Crippen molar-refractivity contribution in [1.29, 1.82) is 0 Å². The Morgan fingerprint density at radius 1 is 1.64 bits per heavy atom. The maximum absolute atomic E-state index is 11.7. The number of amides is 1. The van der Waals surface area contributed by atoms with Crippen molar-refractivity contribution in [3.8, 4) is 0 Å². The lowest BCUT2D eigenvalue weighted by atomic mass is 10.00. The molecule has 80 valence electrons. The zero-order valence-electron chi connectivity index (χ0n) is 8.93. The van der Waals surface area contributed by atoms with E-state index in [1.807, 2.05) is 13.8 Å². The van der Waals surface area contributed by atoms with Crippen LogP contribution in [0.3, 0.4) is 0 Å². The van der Waals surface area contributed by atoms with Gasteiger partial charge in [0.05, 0.1) is 7.11 Å². The molecule has 0 radical (unpaired) electrons. The lowest BCUT2D eigenvalue weighted by Crippen LogP contribution is -2.42. The second-order valence-electron chi connectivity index (χ2n) is 3.56. The smallest absolute Gasteiger partial charge is 0.274 e. The number of rotatable bonds is 3. The Bertz CT molecular complexity index is 240. The van der Waals surface area contributed by atoms with Crippen LogP contribution in [0.2, 0.25) is 0 Å². The van der Waals surface area contributed by atoms with Crippen LogP contribution in [0.15, 0.2) is 4.99 Å². The molecular weight excluding hydrogens is 184 g/mol. The van der Waals surface area contributed by atoms with Gasteiger partial charge in [0.15, 0.2) is 12.4 Å². The van der Waals surface area contributed by atoms with E-state index in [4.69, 9.17) is 9.57 Å². The van der Waals surface area contributed by atoms with Gasteiger partial charge in [-0.2, -0.15) is 0 Å². The van der Waals surface area contributed by atoms with Gasteiger partial charge in [0.1, 0.15) is 6.10 Å². The van der Waals surface area contributed by atoms with Gasteiger partial charge in [-0.15, -0.1) is 0 Å². The fourth-order valence-electron chi connectivity index (χ4n) is 1.33. The molecule has 0 unspecified atom stereocenters. The number of ether oxygens (including phenoxy) is 1. The van der Waals surface area contributed by atoms with Crippen LogP contribution in [0.25, 0.3) is 0 Å².